The molecule has 17 heavy (non-hydrogen) atoms. The number of benzene rings is 1. The van der Waals surface area contributed by atoms with Crippen LogP contribution in [-0.4, -0.2) is 24.6 Å². The number of hydrogen-bond acceptors (Lipinski definition) is 4. The molecule has 0 fully saturated rings. The minimum Gasteiger partial charge on any atom is -0.463 e. The molecule has 0 saturated carbocycles. The Morgan fingerprint density at radius 3 is 2.53 bits per heavy atom. The van der Waals surface area contributed by atoms with Crippen LogP contribution in [0.3, 0.4) is 0 Å². The van der Waals surface area contributed by atoms with Crippen molar-refractivity contribution in [2.75, 3.05) is 7.11 Å². The number of carbonyl (C=O) groups is 3. The van der Waals surface area contributed by atoms with Crippen molar-refractivity contribution in [3.63, 3.8) is 0 Å². The van der Waals surface area contributed by atoms with Crippen molar-refractivity contribution in [3.05, 3.63) is 34.6 Å². The van der Waals surface area contributed by atoms with E-state index in [1.54, 1.807) is 0 Å². The van der Waals surface area contributed by atoms with E-state index in [1.807, 2.05) is 0 Å². The Labute approximate surface area is 101 Å². The Bertz CT molecular complexity index is 484. The fourth-order valence-electron chi connectivity index (χ4n) is 1.14. The third kappa shape index (κ3) is 3.35. The summed E-state index contributed by atoms with van der Waals surface area (Å²) in [5, 5.41) is 0.137. The number of carbonyl (C=O) groups excluding carboxylic acids is 3. The normalized spacial score (nSPS) is 9.82. The molecular formula is C11H8ClFO4. The summed E-state index contributed by atoms with van der Waals surface area (Å²) >= 11 is 5.51. The summed E-state index contributed by atoms with van der Waals surface area (Å²) in [6.07, 6.45) is -0.731. The minimum atomic E-state index is -1.13. The van der Waals surface area contributed by atoms with Gasteiger partial charge in [-0.25, -0.2) is 9.18 Å². The van der Waals surface area contributed by atoms with Crippen molar-refractivity contribution in [1.29, 1.82) is 0 Å². The standard InChI is InChI=1S/C11H8ClFO4/c1-17-11(16)10(15)5-9(14)7-3-2-6(12)4-8(7)13/h2-4H,5H2,1H3. The molecule has 0 heterocycles. The van der Waals surface area contributed by atoms with Crippen molar-refractivity contribution in [1.82, 2.24) is 0 Å². The zero-order chi connectivity index (χ0) is 13.0. The molecule has 0 aliphatic heterocycles. The monoisotopic (exact) mass is 258 g/mol. The van der Waals surface area contributed by atoms with Crippen molar-refractivity contribution in [3.8, 4) is 0 Å². The van der Waals surface area contributed by atoms with E-state index < -0.39 is 29.8 Å². The summed E-state index contributed by atoms with van der Waals surface area (Å²) in [6, 6.07) is 3.43. The molecule has 0 aliphatic carbocycles. The average molecular weight is 259 g/mol. The van der Waals surface area contributed by atoms with Gasteiger partial charge in [0.05, 0.1) is 19.1 Å². The lowest BCUT2D eigenvalue weighted by molar-refractivity contribution is -0.151. The third-order valence-electron chi connectivity index (χ3n) is 1.97. The van der Waals surface area contributed by atoms with Crippen LogP contribution in [0.2, 0.25) is 5.02 Å². The van der Waals surface area contributed by atoms with Gasteiger partial charge in [0.25, 0.3) is 0 Å². The molecule has 0 radical (unpaired) electrons. The number of ether oxygens (including phenoxy) is 1. The number of esters is 1. The number of Topliss-reactive ketones (excluding diaryl/α,β-unsaturated/α-hetero) is 2. The summed E-state index contributed by atoms with van der Waals surface area (Å²) in [6.45, 7) is 0. The second-order valence-electron chi connectivity index (χ2n) is 3.14. The predicted molar refractivity (Wildman–Crippen MR) is 57.4 cm³/mol. The molecule has 90 valence electrons. The summed E-state index contributed by atoms with van der Waals surface area (Å²) in [4.78, 5) is 33.4. The fourth-order valence-corrected chi connectivity index (χ4v) is 1.30. The van der Waals surface area contributed by atoms with Crippen molar-refractivity contribution in [2.24, 2.45) is 0 Å². The van der Waals surface area contributed by atoms with Gasteiger partial charge in [0, 0.05) is 5.02 Å². The lowest BCUT2D eigenvalue weighted by Crippen LogP contribution is -2.19. The SMILES string of the molecule is COC(=O)C(=O)CC(=O)c1ccc(Cl)cc1F. The Balaban J connectivity index is 2.84. The number of hydrogen-bond donors (Lipinski definition) is 0. The minimum absolute atomic E-state index is 0.137. The van der Waals surface area contributed by atoms with E-state index in [-0.39, 0.29) is 10.6 Å². The van der Waals surface area contributed by atoms with E-state index in [0.717, 1.165) is 19.2 Å². The molecular weight excluding hydrogens is 251 g/mol. The summed E-state index contributed by atoms with van der Waals surface area (Å²) in [5.74, 6) is -3.78. The fraction of sp³-hybridized carbons (Fsp3) is 0.182. The molecule has 0 amide bonds. The number of ketones is 2. The van der Waals surface area contributed by atoms with Crippen LogP contribution >= 0.6 is 11.6 Å². The highest BCUT2D eigenvalue weighted by molar-refractivity contribution is 6.38. The average Bonchev–Trinajstić information content (AvgIpc) is 2.27. The number of halogens is 2. The van der Waals surface area contributed by atoms with E-state index in [1.165, 1.54) is 6.07 Å². The molecule has 0 aliphatic rings. The highest BCUT2D eigenvalue weighted by Crippen LogP contribution is 2.16. The van der Waals surface area contributed by atoms with Gasteiger partial charge < -0.3 is 4.74 Å². The molecule has 0 bridgehead atoms. The second kappa shape index (κ2) is 5.54. The highest BCUT2D eigenvalue weighted by atomic mass is 35.5. The summed E-state index contributed by atoms with van der Waals surface area (Å²) in [5.41, 5.74) is -0.286. The van der Waals surface area contributed by atoms with Crippen LogP contribution < -0.4 is 0 Å². The Morgan fingerprint density at radius 2 is 2.00 bits per heavy atom. The van der Waals surface area contributed by atoms with Crippen LogP contribution in [0.15, 0.2) is 18.2 Å². The molecule has 1 rings (SSSR count). The van der Waals surface area contributed by atoms with Crippen LogP contribution in [0.1, 0.15) is 16.8 Å². The van der Waals surface area contributed by atoms with Crippen LogP contribution in [-0.2, 0) is 14.3 Å². The zero-order valence-corrected chi connectivity index (χ0v) is 9.58. The quantitative estimate of drug-likeness (QED) is 0.358. The first kappa shape index (κ1) is 13.3. The Kier molecular flexibility index (Phi) is 4.34. The maximum atomic E-state index is 13.3. The van der Waals surface area contributed by atoms with Gasteiger partial charge in [-0.05, 0) is 18.2 Å². The van der Waals surface area contributed by atoms with Gasteiger partial charge in [0.15, 0.2) is 5.78 Å². The molecule has 0 aromatic heterocycles. The third-order valence-corrected chi connectivity index (χ3v) is 2.20. The lowest BCUT2D eigenvalue weighted by atomic mass is 10.1. The summed E-state index contributed by atoms with van der Waals surface area (Å²) in [7, 11) is 1.02. The van der Waals surface area contributed by atoms with E-state index in [4.69, 9.17) is 11.6 Å². The molecule has 6 heteroatoms. The van der Waals surface area contributed by atoms with Gasteiger partial charge in [0.2, 0.25) is 5.78 Å². The van der Waals surface area contributed by atoms with Crippen molar-refractivity contribution >= 4 is 29.1 Å². The molecule has 1 aromatic rings. The topological polar surface area (TPSA) is 60.4 Å². The molecule has 0 saturated heterocycles. The first-order valence-electron chi connectivity index (χ1n) is 4.55. The maximum absolute atomic E-state index is 13.3. The summed E-state index contributed by atoms with van der Waals surface area (Å²) < 4.78 is 17.4. The number of rotatable bonds is 4. The van der Waals surface area contributed by atoms with Gasteiger partial charge in [-0.15, -0.1) is 0 Å². The van der Waals surface area contributed by atoms with Gasteiger partial charge in [-0.3, -0.25) is 9.59 Å². The zero-order valence-electron chi connectivity index (χ0n) is 8.83. The Hall–Kier alpha value is -1.75. The Morgan fingerprint density at radius 1 is 1.35 bits per heavy atom. The largest absolute Gasteiger partial charge is 0.463 e. The first-order valence-corrected chi connectivity index (χ1v) is 4.93. The van der Waals surface area contributed by atoms with Crippen LogP contribution in [0.4, 0.5) is 4.39 Å². The smallest absolute Gasteiger partial charge is 0.374 e. The molecule has 4 nitrogen and oxygen atoms in total. The molecule has 0 atom stereocenters. The van der Waals surface area contributed by atoms with E-state index in [9.17, 15) is 18.8 Å². The van der Waals surface area contributed by atoms with Gasteiger partial charge in [-0.1, -0.05) is 11.6 Å². The van der Waals surface area contributed by atoms with Crippen molar-refractivity contribution < 1.29 is 23.5 Å². The first-order chi connectivity index (χ1) is 7.95. The second-order valence-corrected chi connectivity index (χ2v) is 3.58. The number of methoxy groups -OCH3 is 1. The molecule has 0 N–H and O–H groups in total. The molecule has 0 spiro atoms. The van der Waals surface area contributed by atoms with Crippen LogP contribution in [0.5, 0.6) is 0 Å². The van der Waals surface area contributed by atoms with Crippen molar-refractivity contribution in [2.45, 2.75) is 6.42 Å². The van der Waals surface area contributed by atoms with Crippen LogP contribution in [0, 0.1) is 5.82 Å². The molecule has 0 unspecified atom stereocenters. The molecule has 1 aromatic carbocycles. The van der Waals surface area contributed by atoms with Crippen LogP contribution in [0.25, 0.3) is 0 Å². The van der Waals surface area contributed by atoms with Gasteiger partial charge >= 0.3 is 5.97 Å². The van der Waals surface area contributed by atoms with Gasteiger partial charge in [0.1, 0.15) is 5.82 Å². The van der Waals surface area contributed by atoms with Gasteiger partial charge in [-0.2, -0.15) is 0 Å². The van der Waals surface area contributed by atoms with E-state index >= 15 is 0 Å². The van der Waals surface area contributed by atoms with E-state index in [2.05, 4.69) is 4.74 Å². The van der Waals surface area contributed by atoms with E-state index in [0.29, 0.717) is 0 Å². The predicted octanol–water partition coefficient (Wildman–Crippen LogP) is 1.79. The maximum Gasteiger partial charge on any atom is 0.374 e. The highest BCUT2D eigenvalue weighted by Gasteiger charge is 2.21. The lowest BCUT2D eigenvalue weighted by Gasteiger charge is -2.02.